The first-order valence-corrected chi connectivity index (χ1v) is 6.73. The van der Waals surface area contributed by atoms with Gasteiger partial charge in [-0.1, -0.05) is 6.92 Å². The molecule has 1 unspecified atom stereocenters. The normalized spacial score (nSPS) is 12.7. The molecule has 0 heterocycles. The Morgan fingerprint density at radius 2 is 2.06 bits per heavy atom. The lowest BCUT2D eigenvalue weighted by Crippen LogP contribution is -2.40. The van der Waals surface area contributed by atoms with Crippen molar-refractivity contribution in [2.24, 2.45) is 0 Å². The maximum absolute atomic E-state index is 11.7. The Hall–Kier alpha value is -0.650. The molecule has 1 atom stereocenters. The quantitative estimate of drug-likeness (QED) is 0.441. The standard InChI is InChI=1S/C13H28N2O3/c1-5-14-12(13(16)18-6-2)8-10-15(3)9-7-11-17-4/h12,14H,5-11H2,1-4H3. The van der Waals surface area contributed by atoms with Gasteiger partial charge in [0.05, 0.1) is 6.61 Å². The van der Waals surface area contributed by atoms with E-state index in [2.05, 4.69) is 17.3 Å². The number of esters is 1. The lowest BCUT2D eigenvalue weighted by molar-refractivity contribution is -0.145. The van der Waals surface area contributed by atoms with Crippen molar-refractivity contribution in [3.63, 3.8) is 0 Å². The van der Waals surface area contributed by atoms with Gasteiger partial charge < -0.3 is 19.7 Å². The summed E-state index contributed by atoms with van der Waals surface area (Å²) in [7, 11) is 3.77. The zero-order valence-electron chi connectivity index (χ0n) is 12.2. The molecule has 5 heteroatoms. The highest BCUT2D eigenvalue weighted by molar-refractivity contribution is 5.75. The minimum Gasteiger partial charge on any atom is -0.465 e. The van der Waals surface area contributed by atoms with E-state index >= 15 is 0 Å². The van der Waals surface area contributed by atoms with Gasteiger partial charge in [0.15, 0.2) is 0 Å². The Labute approximate surface area is 111 Å². The molecule has 108 valence electrons. The van der Waals surface area contributed by atoms with Gasteiger partial charge in [-0.2, -0.15) is 0 Å². The van der Waals surface area contributed by atoms with E-state index in [1.807, 2.05) is 13.8 Å². The van der Waals surface area contributed by atoms with Crippen LogP contribution in [-0.2, 0) is 14.3 Å². The van der Waals surface area contributed by atoms with Crippen molar-refractivity contribution >= 4 is 5.97 Å². The van der Waals surface area contributed by atoms with Gasteiger partial charge in [0, 0.05) is 20.3 Å². The Balaban J connectivity index is 3.90. The number of nitrogens with one attached hydrogen (secondary N) is 1. The molecule has 0 rings (SSSR count). The summed E-state index contributed by atoms with van der Waals surface area (Å²) in [5, 5.41) is 3.16. The molecular weight excluding hydrogens is 232 g/mol. The monoisotopic (exact) mass is 260 g/mol. The molecule has 0 saturated carbocycles. The van der Waals surface area contributed by atoms with Crippen LogP contribution < -0.4 is 5.32 Å². The molecule has 5 nitrogen and oxygen atoms in total. The Morgan fingerprint density at radius 3 is 2.61 bits per heavy atom. The number of ether oxygens (including phenoxy) is 2. The maximum Gasteiger partial charge on any atom is 0.323 e. The van der Waals surface area contributed by atoms with E-state index in [0.717, 1.165) is 39.1 Å². The second-order valence-corrected chi connectivity index (χ2v) is 4.30. The molecule has 0 aromatic carbocycles. The summed E-state index contributed by atoms with van der Waals surface area (Å²) in [4.78, 5) is 13.9. The maximum atomic E-state index is 11.7. The summed E-state index contributed by atoms with van der Waals surface area (Å²) < 4.78 is 10.1. The molecule has 0 aliphatic heterocycles. The second-order valence-electron chi connectivity index (χ2n) is 4.30. The second kappa shape index (κ2) is 11.4. The van der Waals surface area contributed by atoms with Gasteiger partial charge in [0.1, 0.15) is 6.04 Å². The van der Waals surface area contributed by atoms with E-state index in [-0.39, 0.29) is 12.0 Å². The Kier molecular flexibility index (Phi) is 11.0. The SMILES string of the molecule is CCNC(CCN(C)CCCOC)C(=O)OCC. The number of hydrogen-bond donors (Lipinski definition) is 1. The summed E-state index contributed by atoms with van der Waals surface area (Å²) in [5.41, 5.74) is 0. The third-order valence-electron chi connectivity index (χ3n) is 2.71. The number of carbonyl (C=O) groups excluding carboxylic acids is 1. The van der Waals surface area contributed by atoms with Crippen LogP contribution in [0.15, 0.2) is 0 Å². The van der Waals surface area contributed by atoms with Gasteiger partial charge in [0.2, 0.25) is 0 Å². The van der Waals surface area contributed by atoms with Crippen LogP contribution >= 0.6 is 0 Å². The number of methoxy groups -OCH3 is 1. The van der Waals surface area contributed by atoms with E-state index in [1.165, 1.54) is 0 Å². The molecule has 0 radical (unpaired) electrons. The zero-order valence-corrected chi connectivity index (χ0v) is 12.2. The fourth-order valence-electron chi connectivity index (χ4n) is 1.73. The first kappa shape index (κ1) is 17.4. The van der Waals surface area contributed by atoms with Crippen molar-refractivity contribution < 1.29 is 14.3 Å². The number of nitrogens with zero attached hydrogens (tertiary/aromatic N) is 1. The fraction of sp³-hybridized carbons (Fsp3) is 0.923. The van der Waals surface area contributed by atoms with Crippen molar-refractivity contribution in [2.75, 3.05) is 47.0 Å². The molecule has 18 heavy (non-hydrogen) atoms. The van der Waals surface area contributed by atoms with E-state index in [9.17, 15) is 4.79 Å². The van der Waals surface area contributed by atoms with Crippen molar-refractivity contribution in [3.05, 3.63) is 0 Å². The molecule has 0 spiro atoms. The zero-order chi connectivity index (χ0) is 13.8. The predicted octanol–water partition coefficient (Wildman–Crippen LogP) is 0.886. The van der Waals surface area contributed by atoms with E-state index in [4.69, 9.17) is 9.47 Å². The van der Waals surface area contributed by atoms with Crippen molar-refractivity contribution in [2.45, 2.75) is 32.7 Å². The molecular formula is C13H28N2O3. The van der Waals surface area contributed by atoms with Crippen LogP contribution in [0.1, 0.15) is 26.7 Å². The van der Waals surface area contributed by atoms with Gasteiger partial charge in [-0.3, -0.25) is 4.79 Å². The Morgan fingerprint density at radius 1 is 1.33 bits per heavy atom. The largest absolute Gasteiger partial charge is 0.465 e. The van der Waals surface area contributed by atoms with Crippen LogP contribution in [0.2, 0.25) is 0 Å². The molecule has 0 amide bonds. The van der Waals surface area contributed by atoms with Crippen LogP contribution in [0.5, 0.6) is 0 Å². The van der Waals surface area contributed by atoms with E-state index in [1.54, 1.807) is 7.11 Å². The summed E-state index contributed by atoms with van der Waals surface area (Å²) in [6, 6.07) is -0.195. The van der Waals surface area contributed by atoms with Gasteiger partial charge >= 0.3 is 5.97 Å². The smallest absolute Gasteiger partial charge is 0.323 e. The lowest BCUT2D eigenvalue weighted by Gasteiger charge is -2.21. The molecule has 0 fully saturated rings. The van der Waals surface area contributed by atoms with Crippen LogP contribution in [0, 0.1) is 0 Å². The average Bonchev–Trinajstić information content (AvgIpc) is 2.35. The molecule has 1 N–H and O–H groups in total. The topological polar surface area (TPSA) is 50.8 Å². The average molecular weight is 260 g/mol. The summed E-state index contributed by atoms with van der Waals surface area (Å²) in [5.74, 6) is -0.148. The number of rotatable bonds is 11. The first-order valence-electron chi connectivity index (χ1n) is 6.73. The summed E-state index contributed by atoms with van der Waals surface area (Å²) in [6.45, 7) is 7.67. The highest BCUT2D eigenvalue weighted by Crippen LogP contribution is 1.99. The van der Waals surface area contributed by atoms with E-state index in [0.29, 0.717) is 6.61 Å². The molecule has 0 aliphatic rings. The van der Waals surface area contributed by atoms with Gasteiger partial charge in [-0.15, -0.1) is 0 Å². The van der Waals surface area contributed by atoms with Crippen molar-refractivity contribution in [1.82, 2.24) is 10.2 Å². The summed E-state index contributed by atoms with van der Waals surface area (Å²) in [6.07, 6.45) is 1.79. The van der Waals surface area contributed by atoms with Crippen LogP contribution in [0.25, 0.3) is 0 Å². The van der Waals surface area contributed by atoms with Crippen LogP contribution in [0.4, 0.5) is 0 Å². The number of hydrogen-bond acceptors (Lipinski definition) is 5. The third kappa shape index (κ3) is 8.44. The molecule has 0 aliphatic carbocycles. The van der Waals surface area contributed by atoms with Crippen molar-refractivity contribution in [3.8, 4) is 0 Å². The minimum absolute atomic E-state index is 0.148. The molecule has 0 bridgehead atoms. The fourth-order valence-corrected chi connectivity index (χ4v) is 1.73. The molecule has 0 aromatic rings. The minimum atomic E-state index is -0.195. The van der Waals surface area contributed by atoms with E-state index < -0.39 is 0 Å². The molecule has 0 saturated heterocycles. The number of likely N-dealkylation sites (N-methyl/N-ethyl adjacent to an activating group) is 1. The van der Waals surface area contributed by atoms with Gasteiger partial charge in [0.25, 0.3) is 0 Å². The third-order valence-corrected chi connectivity index (χ3v) is 2.71. The first-order chi connectivity index (χ1) is 8.65. The van der Waals surface area contributed by atoms with Crippen LogP contribution in [-0.4, -0.2) is 63.9 Å². The van der Waals surface area contributed by atoms with Crippen molar-refractivity contribution in [1.29, 1.82) is 0 Å². The van der Waals surface area contributed by atoms with Gasteiger partial charge in [-0.25, -0.2) is 0 Å². The number of carbonyl (C=O) groups is 1. The highest BCUT2D eigenvalue weighted by atomic mass is 16.5. The lowest BCUT2D eigenvalue weighted by atomic mass is 10.2. The Bertz CT molecular complexity index is 212. The summed E-state index contributed by atoms with van der Waals surface area (Å²) >= 11 is 0. The van der Waals surface area contributed by atoms with Crippen LogP contribution in [0.3, 0.4) is 0 Å². The van der Waals surface area contributed by atoms with Gasteiger partial charge in [-0.05, 0) is 39.9 Å². The highest BCUT2D eigenvalue weighted by Gasteiger charge is 2.18. The predicted molar refractivity (Wildman–Crippen MR) is 72.7 cm³/mol. The molecule has 0 aromatic heterocycles.